The minimum Gasteiger partial charge on any atom is -0.379 e. The van der Waals surface area contributed by atoms with Gasteiger partial charge in [-0.3, -0.25) is 0 Å². The average Bonchev–Trinajstić information content (AvgIpc) is 3.37. The van der Waals surface area contributed by atoms with Crippen molar-refractivity contribution in [1.29, 1.82) is 0 Å². The van der Waals surface area contributed by atoms with E-state index in [1.165, 1.54) is 18.9 Å². The topological polar surface area (TPSA) is 55.2 Å². The van der Waals surface area contributed by atoms with Crippen molar-refractivity contribution in [2.75, 3.05) is 37.7 Å². The van der Waals surface area contributed by atoms with E-state index in [0.717, 1.165) is 61.1 Å². The van der Waals surface area contributed by atoms with Crippen molar-refractivity contribution in [3.05, 3.63) is 41.8 Å². The molecule has 1 unspecified atom stereocenters. The van der Waals surface area contributed by atoms with E-state index in [1.807, 2.05) is 36.9 Å². The summed E-state index contributed by atoms with van der Waals surface area (Å²) in [5.41, 5.74) is 3.18. The van der Waals surface area contributed by atoms with Crippen molar-refractivity contribution in [3.63, 3.8) is 0 Å². The van der Waals surface area contributed by atoms with Gasteiger partial charge in [0.15, 0.2) is 5.82 Å². The van der Waals surface area contributed by atoms with E-state index < -0.39 is 0 Å². The van der Waals surface area contributed by atoms with Gasteiger partial charge in [-0.1, -0.05) is 6.07 Å². The van der Waals surface area contributed by atoms with E-state index in [2.05, 4.69) is 27.1 Å². The van der Waals surface area contributed by atoms with E-state index in [4.69, 9.17) is 4.74 Å². The fraction of sp³-hybridized carbons (Fsp3) is 0.478. The van der Waals surface area contributed by atoms with Crippen LogP contribution < -0.4 is 10.2 Å². The fourth-order valence-corrected chi connectivity index (χ4v) is 4.21. The van der Waals surface area contributed by atoms with Crippen LogP contribution in [0.15, 0.2) is 30.5 Å². The second kappa shape index (κ2) is 9.10. The molecular weight excluding hydrogens is 381 g/mol. The quantitative estimate of drug-likeness (QED) is 0.697. The number of hydrogen-bond donors (Lipinski definition) is 1. The molecule has 2 aliphatic heterocycles. The molecule has 2 fully saturated rings. The Labute approximate surface area is 177 Å². The van der Waals surface area contributed by atoms with Gasteiger partial charge in [0.05, 0.1) is 18.7 Å². The lowest BCUT2D eigenvalue weighted by atomic mass is 10.2. The lowest BCUT2D eigenvalue weighted by molar-refractivity contribution is 0.109. The highest BCUT2D eigenvalue weighted by molar-refractivity contribution is 5.83. The molecule has 2 saturated heterocycles. The molecule has 3 aromatic rings. The number of pyridine rings is 1. The van der Waals surface area contributed by atoms with E-state index in [9.17, 15) is 4.39 Å². The predicted molar refractivity (Wildman–Crippen MR) is 118 cm³/mol. The highest BCUT2D eigenvalue weighted by Gasteiger charge is 2.22. The number of aromatic nitrogens is 3. The van der Waals surface area contributed by atoms with E-state index >= 15 is 0 Å². The first-order valence-corrected chi connectivity index (χ1v) is 10.7. The number of nitrogens with one attached hydrogen (secondary N) is 1. The summed E-state index contributed by atoms with van der Waals surface area (Å²) in [4.78, 5) is 11.5. The molecule has 7 heteroatoms. The minimum atomic E-state index is -0.284. The zero-order valence-electron chi connectivity index (χ0n) is 18.0. The molecule has 0 saturated carbocycles. The van der Waals surface area contributed by atoms with E-state index in [0.29, 0.717) is 11.6 Å². The van der Waals surface area contributed by atoms with Gasteiger partial charge in [-0.25, -0.2) is 14.4 Å². The summed E-state index contributed by atoms with van der Waals surface area (Å²) >= 11 is 0. The van der Waals surface area contributed by atoms with Gasteiger partial charge in [-0.05, 0) is 50.5 Å². The molecule has 2 aliphatic rings. The summed E-state index contributed by atoms with van der Waals surface area (Å²) in [6.07, 6.45) is 4.27. The van der Waals surface area contributed by atoms with Crippen molar-refractivity contribution in [2.45, 2.75) is 32.7 Å². The third kappa shape index (κ3) is 4.18. The number of benzene rings is 1. The zero-order valence-corrected chi connectivity index (χ0v) is 18.0. The summed E-state index contributed by atoms with van der Waals surface area (Å²) in [6.45, 7) is 9.10. The number of ether oxygens (including phenoxy) is 1. The van der Waals surface area contributed by atoms with Crippen molar-refractivity contribution in [3.8, 4) is 11.4 Å². The van der Waals surface area contributed by atoms with Crippen LogP contribution >= 0.6 is 0 Å². The van der Waals surface area contributed by atoms with Crippen LogP contribution in [0.5, 0.6) is 0 Å². The Morgan fingerprint density at radius 1 is 1.17 bits per heavy atom. The summed E-state index contributed by atoms with van der Waals surface area (Å²) in [7, 11) is 1.92. The van der Waals surface area contributed by atoms with E-state index in [1.54, 1.807) is 6.07 Å². The number of halogens is 1. The van der Waals surface area contributed by atoms with Gasteiger partial charge in [-0.2, -0.15) is 0 Å². The molecule has 160 valence electrons. The zero-order chi connectivity index (χ0) is 21.1. The standard InChI is InChI=1S/C19H21FN4.C4H9NO/c1-12-6-8-15(20)17-18(12)23(3)19(22-17)14-7-9-16(21-11-14)24-10-4-5-13(24)2;1-3-6-4-2-5-1/h6-9,11,13H,4-5,10H2,1-3H3;5H,1-4H2. The monoisotopic (exact) mass is 411 g/mol. The molecule has 4 heterocycles. The first-order valence-electron chi connectivity index (χ1n) is 10.7. The predicted octanol–water partition coefficient (Wildman–Crippen LogP) is 3.68. The smallest absolute Gasteiger partial charge is 0.151 e. The van der Waals surface area contributed by atoms with Gasteiger partial charge in [0.1, 0.15) is 17.2 Å². The van der Waals surface area contributed by atoms with Gasteiger partial charge in [0.2, 0.25) is 0 Å². The first-order chi connectivity index (χ1) is 14.6. The lowest BCUT2D eigenvalue weighted by Crippen LogP contribution is -2.30. The van der Waals surface area contributed by atoms with Crippen LogP contribution in [0.1, 0.15) is 25.3 Å². The molecule has 0 spiro atoms. The van der Waals surface area contributed by atoms with Crippen LogP contribution in [-0.4, -0.2) is 53.4 Å². The second-order valence-corrected chi connectivity index (χ2v) is 8.01. The van der Waals surface area contributed by atoms with Gasteiger partial charge in [0.25, 0.3) is 0 Å². The number of fused-ring (bicyclic) bond motifs is 1. The number of imidazole rings is 1. The Bertz CT molecular complexity index is 985. The molecule has 30 heavy (non-hydrogen) atoms. The number of rotatable bonds is 2. The number of morpholine rings is 1. The lowest BCUT2D eigenvalue weighted by Gasteiger charge is -2.22. The SMILES string of the molecule is C1COCCN1.Cc1ccc(F)c2nc(-c3ccc(N4CCCC4C)nc3)n(C)c12. The van der Waals surface area contributed by atoms with Crippen molar-refractivity contribution < 1.29 is 9.13 Å². The third-order valence-electron chi connectivity index (χ3n) is 5.87. The Morgan fingerprint density at radius 3 is 2.50 bits per heavy atom. The van der Waals surface area contributed by atoms with Crippen LogP contribution in [0.4, 0.5) is 10.2 Å². The maximum Gasteiger partial charge on any atom is 0.151 e. The van der Waals surface area contributed by atoms with Crippen LogP contribution in [-0.2, 0) is 11.8 Å². The van der Waals surface area contributed by atoms with Crippen LogP contribution in [0, 0.1) is 12.7 Å². The second-order valence-electron chi connectivity index (χ2n) is 8.01. The fourth-order valence-electron chi connectivity index (χ4n) is 4.21. The maximum atomic E-state index is 14.1. The number of aryl methyl sites for hydroxylation is 2. The van der Waals surface area contributed by atoms with Gasteiger partial charge >= 0.3 is 0 Å². The molecule has 0 radical (unpaired) electrons. The first kappa shape index (κ1) is 20.8. The molecular formula is C23H30FN5O. The highest BCUT2D eigenvalue weighted by atomic mass is 19.1. The van der Waals surface area contributed by atoms with Crippen LogP contribution in [0.25, 0.3) is 22.4 Å². The minimum absolute atomic E-state index is 0.284. The summed E-state index contributed by atoms with van der Waals surface area (Å²) in [5.74, 6) is 1.46. The molecule has 0 bridgehead atoms. The molecule has 0 aliphatic carbocycles. The van der Waals surface area contributed by atoms with Crippen molar-refractivity contribution >= 4 is 16.9 Å². The van der Waals surface area contributed by atoms with Crippen molar-refractivity contribution in [1.82, 2.24) is 19.9 Å². The van der Waals surface area contributed by atoms with Gasteiger partial charge in [0, 0.05) is 44.5 Å². The Kier molecular flexibility index (Phi) is 6.29. The third-order valence-corrected chi connectivity index (χ3v) is 5.87. The number of hydrogen-bond acceptors (Lipinski definition) is 5. The van der Waals surface area contributed by atoms with Crippen LogP contribution in [0.2, 0.25) is 0 Å². The summed E-state index contributed by atoms with van der Waals surface area (Å²) < 4.78 is 21.0. The summed E-state index contributed by atoms with van der Waals surface area (Å²) in [5, 5.41) is 3.16. The Hall–Kier alpha value is -2.51. The molecule has 5 rings (SSSR count). The Morgan fingerprint density at radius 2 is 1.97 bits per heavy atom. The Balaban J connectivity index is 0.000000313. The van der Waals surface area contributed by atoms with Gasteiger partial charge < -0.3 is 19.5 Å². The normalized spacial score (nSPS) is 19.1. The molecule has 2 aromatic heterocycles. The highest BCUT2D eigenvalue weighted by Crippen LogP contribution is 2.29. The largest absolute Gasteiger partial charge is 0.379 e. The molecule has 1 atom stereocenters. The average molecular weight is 412 g/mol. The molecule has 0 amide bonds. The molecule has 1 aromatic carbocycles. The molecule has 1 N–H and O–H groups in total. The van der Waals surface area contributed by atoms with E-state index in [-0.39, 0.29) is 5.82 Å². The summed E-state index contributed by atoms with van der Waals surface area (Å²) in [6, 6.07) is 7.88. The van der Waals surface area contributed by atoms with Crippen molar-refractivity contribution in [2.24, 2.45) is 7.05 Å². The number of anilines is 1. The number of nitrogens with zero attached hydrogens (tertiary/aromatic N) is 4. The van der Waals surface area contributed by atoms with Crippen LogP contribution in [0.3, 0.4) is 0 Å². The van der Waals surface area contributed by atoms with Gasteiger partial charge in [-0.15, -0.1) is 0 Å². The maximum absolute atomic E-state index is 14.1. The molecule has 6 nitrogen and oxygen atoms in total.